The molecule has 0 unspecified atom stereocenters. The molecule has 0 aliphatic carbocycles. The average molecular weight is 460 g/mol. The first kappa shape index (κ1) is 22.6. The second-order valence-electron chi connectivity index (χ2n) is 9.35. The predicted molar refractivity (Wildman–Crippen MR) is 135 cm³/mol. The zero-order valence-electron chi connectivity index (χ0n) is 19.9. The quantitative estimate of drug-likeness (QED) is 0.587. The summed E-state index contributed by atoms with van der Waals surface area (Å²) in [7, 11) is 0. The molecular weight excluding hydrogens is 426 g/mol. The van der Waals surface area contributed by atoms with Gasteiger partial charge in [0.05, 0.1) is 23.5 Å². The van der Waals surface area contributed by atoms with Gasteiger partial charge in [0.1, 0.15) is 0 Å². The summed E-state index contributed by atoms with van der Waals surface area (Å²) in [5.41, 5.74) is 2.62. The van der Waals surface area contributed by atoms with E-state index in [1.54, 1.807) is 0 Å². The highest BCUT2D eigenvalue weighted by atomic mass is 16.2. The minimum atomic E-state index is -0.0905. The molecule has 2 saturated heterocycles. The first-order valence-corrected chi connectivity index (χ1v) is 12.4. The lowest BCUT2D eigenvalue weighted by atomic mass is 9.96. The van der Waals surface area contributed by atoms with Crippen molar-refractivity contribution >= 4 is 22.8 Å². The Labute approximate surface area is 200 Å². The molecule has 2 aliphatic rings. The molecule has 0 N–H and O–H groups in total. The molecular formula is C27H33N5O2. The number of hydrogen-bond donors (Lipinski definition) is 0. The maximum absolute atomic E-state index is 13.7. The number of piperidine rings is 1. The highest BCUT2D eigenvalue weighted by Gasteiger charge is 2.32. The lowest BCUT2D eigenvalue weighted by molar-refractivity contribution is -0.137. The number of amides is 1. The summed E-state index contributed by atoms with van der Waals surface area (Å²) in [5.74, 6) is 0.603. The maximum Gasteiger partial charge on any atom is 0.294 e. The van der Waals surface area contributed by atoms with Gasteiger partial charge in [0, 0.05) is 39.3 Å². The van der Waals surface area contributed by atoms with Crippen molar-refractivity contribution < 1.29 is 4.79 Å². The molecule has 0 spiro atoms. The largest absolute Gasteiger partial charge is 0.351 e. The number of likely N-dealkylation sites (N-methyl/N-ethyl adjacent to an activating group) is 1. The molecule has 3 aromatic rings. The highest BCUT2D eigenvalue weighted by molar-refractivity contribution is 5.80. The van der Waals surface area contributed by atoms with Gasteiger partial charge in [-0.1, -0.05) is 49.4 Å². The van der Waals surface area contributed by atoms with Crippen LogP contribution in [0.4, 0.5) is 5.82 Å². The van der Waals surface area contributed by atoms with Crippen molar-refractivity contribution in [3.8, 4) is 0 Å². The van der Waals surface area contributed by atoms with E-state index >= 15 is 0 Å². The molecule has 1 aromatic heterocycles. The van der Waals surface area contributed by atoms with Crippen molar-refractivity contribution in [1.82, 2.24) is 19.4 Å². The topological polar surface area (TPSA) is 61.7 Å². The Hall–Kier alpha value is -3.19. The lowest BCUT2D eigenvalue weighted by Crippen LogP contribution is -2.53. The normalized spacial score (nSPS) is 19.5. The van der Waals surface area contributed by atoms with Gasteiger partial charge in [-0.15, -0.1) is 0 Å². The first-order valence-electron chi connectivity index (χ1n) is 12.4. The van der Waals surface area contributed by atoms with Crippen LogP contribution in [0, 0.1) is 5.92 Å². The number of anilines is 1. The third kappa shape index (κ3) is 4.57. The van der Waals surface area contributed by atoms with Crippen molar-refractivity contribution in [2.45, 2.75) is 26.3 Å². The molecule has 178 valence electrons. The number of para-hydroxylation sites is 2. The Morgan fingerprint density at radius 3 is 2.47 bits per heavy atom. The Balaban J connectivity index is 1.42. The number of aromatic nitrogens is 2. The van der Waals surface area contributed by atoms with E-state index in [-0.39, 0.29) is 17.4 Å². The van der Waals surface area contributed by atoms with Crippen molar-refractivity contribution in [3.63, 3.8) is 0 Å². The fourth-order valence-corrected chi connectivity index (χ4v) is 5.22. The number of hydrogen-bond acceptors (Lipinski definition) is 5. The highest BCUT2D eigenvalue weighted by Crippen LogP contribution is 2.24. The third-order valence-electron chi connectivity index (χ3n) is 7.22. The molecule has 2 aliphatic heterocycles. The second-order valence-corrected chi connectivity index (χ2v) is 9.35. The number of fused-ring (bicyclic) bond motifs is 1. The van der Waals surface area contributed by atoms with Crippen LogP contribution in [0.3, 0.4) is 0 Å². The van der Waals surface area contributed by atoms with Crippen LogP contribution < -0.4 is 10.5 Å². The Kier molecular flexibility index (Phi) is 6.63. The summed E-state index contributed by atoms with van der Waals surface area (Å²) >= 11 is 0. The monoisotopic (exact) mass is 459 g/mol. The SMILES string of the molecule is CCN1CCN(C(=O)[C@H]2CCCN(c3nc4ccccc4n(Cc4ccccc4)c3=O)C2)CC1. The number of carbonyl (C=O) groups excluding carboxylic acids is 1. The minimum absolute atomic E-state index is 0.0860. The van der Waals surface area contributed by atoms with E-state index in [4.69, 9.17) is 4.98 Å². The molecule has 3 heterocycles. The summed E-state index contributed by atoms with van der Waals surface area (Å²) in [6, 6.07) is 17.8. The zero-order chi connectivity index (χ0) is 23.5. The van der Waals surface area contributed by atoms with Crippen molar-refractivity contribution in [2.75, 3.05) is 50.7 Å². The van der Waals surface area contributed by atoms with Crippen LogP contribution in [0.15, 0.2) is 59.4 Å². The number of piperazine rings is 1. The van der Waals surface area contributed by atoms with E-state index in [0.717, 1.165) is 68.7 Å². The van der Waals surface area contributed by atoms with Gasteiger partial charge in [0.2, 0.25) is 5.91 Å². The van der Waals surface area contributed by atoms with Crippen molar-refractivity contribution in [1.29, 1.82) is 0 Å². The molecule has 5 rings (SSSR count). The smallest absolute Gasteiger partial charge is 0.294 e. The van der Waals surface area contributed by atoms with Crippen LogP contribution in [0.5, 0.6) is 0 Å². The van der Waals surface area contributed by atoms with Gasteiger partial charge >= 0.3 is 0 Å². The molecule has 7 nitrogen and oxygen atoms in total. The number of rotatable bonds is 5. The fourth-order valence-electron chi connectivity index (χ4n) is 5.22. The van der Waals surface area contributed by atoms with Gasteiger partial charge in [0.25, 0.3) is 5.56 Å². The zero-order valence-corrected chi connectivity index (χ0v) is 19.9. The Morgan fingerprint density at radius 2 is 1.71 bits per heavy atom. The van der Waals surface area contributed by atoms with Crippen LogP contribution in [0.2, 0.25) is 0 Å². The molecule has 2 aromatic carbocycles. The van der Waals surface area contributed by atoms with E-state index in [0.29, 0.717) is 18.9 Å². The molecule has 0 saturated carbocycles. The second kappa shape index (κ2) is 9.97. The first-order chi connectivity index (χ1) is 16.6. The van der Waals surface area contributed by atoms with Gasteiger partial charge in [-0.05, 0) is 37.1 Å². The third-order valence-corrected chi connectivity index (χ3v) is 7.22. The van der Waals surface area contributed by atoms with Crippen LogP contribution >= 0.6 is 0 Å². The molecule has 34 heavy (non-hydrogen) atoms. The molecule has 2 fully saturated rings. The number of nitrogens with zero attached hydrogens (tertiary/aromatic N) is 5. The van der Waals surface area contributed by atoms with Gasteiger partial charge in [0.15, 0.2) is 5.82 Å². The summed E-state index contributed by atoms with van der Waals surface area (Å²) in [4.78, 5) is 38.2. The van der Waals surface area contributed by atoms with Gasteiger partial charge in [-0.2, -0.15) is 0 Å². The lowest BCUT2D eigenvalue weighted by Gasteiger charge is -2.39. The van der Waals surface area contributed by atoms with E-state index in [1.807, 2.05) is 69.0 Å². The molecule has 7 heteroatoms. The summed E-state index contributed by atoms with van der Waals surface area (Å²) in [5, 5.41) is 0. The van der Waals surface area contributed by atoms with Crippen LogP contribution in [0.25, 0.3) is 11.0 Å². The van der Waals surface area contributed by atoms with Crippen LogP contribution in [-0.2, 0) is 11.3 Å². The standard InChI is InChI=1S/C27H33N5O2/c1-2-29-15-17-30(18-16-29)26(33)22-11-8-14-31(20-22)25-27(34)32(19-21-9-4-3-5-10-21)24-13-7-6-12-23(24)28-25/h3-7,9-10,12-13,22H,2,8,11,14-20H2,1H3/t22-/m0/s1. The summed E-state index contributed by atoms with van der Waals surface area (Å²) in [6.45, 7) is 8.46. The average Bonchev–Trinajstić information content (AvgIpc) is 2.90. The Morgan fingerprint density at radius 1 is 0.971 bits per heavy atom. The van der Waals surface area contributed by atoms with Gasteiger partial charge < -0.3 is 14.7 Å². The molecule has 1 atom stereocenters. The predicted octanol–water partition coefficient (Wildman–Crippen LogP) is 2.83. The van der Waals surface area contributed by atoms with E-state index in [9.17, 15) is 9.59 Å². The Bertz CT molecular complexity index is 1200. The fraction of sp³-hybridized carbons (Fsp3) is 0.444. The van der Waals surface area contributed by atoms with Crippen LogP contribution in [-0.4, -0.2) is 71.1 Å². The summed E-state index contributed by atoms with van der Waals surface area (Å²) < 4.78 is 1.82. The van der Waals surface area contributed by atoms with E-state index < -0.39 is 0 Å². The van der Waals surface area contributed by atoms with Gasteiger partial charge in [-0.3, -0.25) is 14.2 Å². The molecule has 1 amide bonds. The summed E-state index contributed by atoms with van der Waals surface area (Å²) in [6.07, 6.45) is 1.76. The van der Waals surface area contributed by atoms with E-state index in [2.05, 4.69) is 11.8 Å². The van der Waals surface area contributed by atoms with E-state index in [1.165, 1.54) is 0 Å². The van der Waals surface area contributed by atoms with Gasteiger partial charge in [-0.25, -0.2) is 4.98 Å². The van der Waals surface area contributed by atoms with Crippen LogP contribution in [0.1, 0.15) is 25.3 Å². The maximum atomic E-state index is 13.7. The molecule has 0 bridgehead atoms. The number of carbonyl (C=O) groups is 1. The minimum Gasteiger partial charge on any atom is -0.351 e. The van der Waals surface area contributed by atoms with Crippen molar-refractivity contribution in [3.05, 3.63) is 70.5 Å². The molecule has 0 radical (unpaired) electrons. The number of benzene rings is 2. The van der Waals surface area contributed by atoms with Crippen molar-refractivity contribution in [2.24, 2.45) is 5.92 Å².